The fourth-order valence-electron chi connectivity index (χ4n) is 2.16. The van der Waals surface area contributed by atoms with Gasteiger partial charge >= 0.3 is 6.03 Å². The third-order valence-corrected chi connectivity index (χ3v) is 3.72. The van der Waals surface area contributed by atoms with Crippen LogP contribution in [0.5, 0.6) is 0 Å². The van der Waals surface area contributed by atoms with E-state index in [2.05, 4.69) is 22.5 Å². The van der Waals surface area contributed by atoms with Gasteiger partial charge in [-0.1, -0.05) is 30.3 Å². The smallest absolute Gasteiger partial charge is 0.319 e. The van der Waals surface area contributed by atoms with Gasteiger partial charge in [0.1, 0.15) is 0 Å². The maximum atomic E-state index is 12.0. The van der Waals surface area contributed by atoms with Gasteiger partial charge in [-0.05, 0) is 43.2 Å². The molecule has 4 heteroatoms. The van der Waals surface area contributed by atoms with Crippen LogP contribution in [0.2, 0.25) is 0 Å². The number of nitrogens with zero attached hydrogens (tertiary/aromatic N) is 1. The summed E-state index contributed by atoms with van der Waals surface area (Å²) in [5, 5.41) is 5.76. The molecule has 0 spiro atoms. The number of hydrogen-bond donors (Lipinski definition) is 2. The molecule has 2 amide bonds. The lowest BCUT2D eigenvalue weighted by molar-refractivity contribution is 0.251. The highest BCUT2D eigenvalue weighted by Gasteiger charge is 2.05. The Morgan fingerprint density at radius 3 is 2.64 bits per heavy atom. The molecule has 0 aromatic heterocycles. The molecule has 0 heterocycles. The van der Waals surface area contributed by atoms with Gasteiger partial charge in [-0.3, -0.25) is 0 Å². The molecule has 0 saturated heterocycles. The lowest BCUT2D eigenvalue weighted by Gasteiger charge is -2.17. The Balaban J connectivity index is 1.93. The minimum atomic E-state index is -0.195. The summed E-state index contributed by atoms with van der Waals surface area (Å²) in [5.41, 5.74) is 4.17. The Hall–Kier alpha value is -2.49. The van der Waals surface area contributed by atoms with Gasteiger partial charge < -0.3 is 15.5 Å². The molecule has 2 aromatic rings. The Labute approximate surface area is 132 Å². The van der Waals surface area contributed by atoms with Crippen LogP contribution in [0.15, 0.2) is 48.5 Å². The number of anilines is 2. The van der Waals surface area contributed by atoms with E-state index in [4.69, 9.17) is 0 Å². The number of carbonyl (C=O) groups is 1. The zero-order chi connectivity index (χ0) is 15.9. The van der Waals surface area contributed by atoms with Gasteiger partial charge in [0, 0.05) is 31.5 Å². The van der Waals surface area contributed by atoms with Crippen molar-refractivity contribution >= 4 is 17.4 Å². The first-order valence-electron chi connectivity index (χ1n) is 7.50. The van der Waals surface area contributed by atoms with Crippen molar-refractivity contribution in [1.82, 2.24) is 5.32 Å². The van der Waals surface area contributed by atoms with E-state index in [1.807, 2.05) is 62.5 Å². The van der Waals surface area contributed by atoms with E-state index in [1.165, 1.54) is 5.56 Å². The number of aryl methyl sites for hydroxylation is 1. The van der Waals surface area contributed by atoms with Gasteiger partial charge in [-0.2, -0.15) is 0 Å². The van der Waals surface area contributed by atoms with Gasteiger partial charge in [0.25, 0.3) is 0 Å². The first kappa shape index (κ1) is 15.9. The van der Waals surface area contributed by atoms with Crippen molar-refractivity contribution in [3.63, 3.8) is 0 Å². The van der Waals surface area contributed by atoms with Crippen molar-refractivity contribution in [2.75, 3.05) is 23.8 Å². The molecular formula is C18H23N3O. The summed E-state index contributed by atoms with van der Waals surface area (Å²) in [4.78, 5) is 14.1. The summed E-state index contributed by atoms with van der Waals surface area (Å²) in [6.45, 7) is 5.57. The van der Waals surface area contributed by atoms with Crippen molar-refractivity contribution in [3.8, 4) is 0 Å². The molecule has 0 atom stereocenters. The van der Waals surface area contributed by atoms with Crippen LogP contribution in [0.1, 0.15) is 18.1 Å². The molecule has 2 aromatic carbocycles. The maximum Gasteiger partial charge on any atom is 0.319 e. The van der Waals surface area contributed by atoms with Gasteiger partial charge in [-0.15, -0.1) is 0 Å². The highest BCUT2D eigenvalue weighted by Crippen LogP contribution is 2.18. The van der Waals surface area contributed by atoms with E-state index >= 15 is 0 Å². The lowest BCUT2D eigenvalue weighted by Crippen LogP contribution is -2.28. The molecule has 0 aliphatic heterocycles. The van der Waals surface area contributed by atoms with Crippen LogP contribution in [0.25, 0.3) is 0 Å². The lowest BCUT2D eigenvalue weighted by atomic mass is 10.1. The molecule has 22 heavy (non-hydrogen) atoms. The molecule has 0 bridgehead atoms. The average molecular weight is 297 g/mol. The second-order valence-corrected chi connectivity index (χ2v) is 5.30. The normalized spacial score (nSPS) is 10.1. The van der Waals surface area contributed by atoms with E-state index < -0.39 is 0 Å². The molecule has 0 saturated carbocycles. The SMILES string of the molecule is CCN(C)c1cccc(NC(=O)NCc2ccccc2C)c1. The quantitative estimate of drug-likeness (QED) is 0.882. The van der Waals surface area contributed by atoms with E-state index in [-0.39, 0.29) is 6.03 Å². The monoisotopic (exact) mass is 297 g/mol. The number of hydrogen-bond acceptors (Lipinski definition) is 2. The summed E-state index contributed by atoms with van der Waals surface area (Å²) in [7, 11) is 2.03. The highest BCUT2D eigenvalue weighted by atomic mass is 16.2. The zero-order valence-corrected chi connectivity index (χ0v) is 13.4. The van der Waals surface area contributed by atoms with Crippen molar-refractivity contribution in [3.05, 3.63) is 59.7 Å². The predicted molar refractivity (Wildman–Crippen MR) is 92.4 cm³/mol. The summed E-state index contributed by atoms with van der Waals surface area (Å²) < 4.78 is 0. The number of benzene rings is 2. The fourth-order valence-corrected chi connectivity index (χ4v) is 2.16. The van der Waals surface area contributed by atoms with Crippen molar-refractivity contribution < 1.29 is 4.79 Å². The molecular weight excluding hydrogens is 274 g/mol. The maximum absolute atomic E-state index is 12.0. The summed E-state index contributed by atoms with van der Waals surface area (Å²) >= 11 is 0. The minimum absolute atomic E-state index is 0.195. The second-order valence-electron chi connectivity index (χ2n) is 5.30. The molecule has 0 radical (unpaired) electrons. The molecule has 0 aliphatic rings. The first-order chi connectivity index (χ1) is 10.6. The van der Waals surface area contributed by atoms with E-state index in [1.54, 1.807) is 0 Å². The summed E-state index contributed by atoms with van der Waals surface area (Å²) in [6, 6.07) is 15.7. The standard InChI is InChI=1S/C18H23N3O/c1-4-21(3)17-11-7-10-16(12-17)20-18(22)19-13-15-9-6-5-8-14(15)2/h5-12H,4,13H2,1-3H3,(H2,19,20,22). The van der Waals surface area contributed by atoms with Crippen molar-refractivity contribution in [2.45, 2.75) is 20.4 Å². The van der Waals surface area contributed by atoms with E-state index in [9.17, 15) is 4.79 Å². The van der Waals surface area contributed by atoms with Crippen molar-refractivity contribution in [1.29, 1.82) is 0 Å². The molecule has 2 N–H and O–H groups in total. The molecule has 0 fully saturated rings. The molecule has 0 aliphatic carbocycles. The molecule has 116 valence electrons. The topological polar surface area (TPSA) is 44.4 Å². The van der Waals surface area contributed by atoms with E-state index in [0.717, 1.165) is 23.5 Å². The number of nitrogens with one attached hydrogen (secondary N) is 2. The molecule has 4 nitrogen and oxygen atoms in total. The molecule has 2 rings (SSSR count). The number of amides is 2. The van der Waals surface area contributed by atoms with Crippen LogP contribution in [0.3, 0.4) is 0 Å². The van der Waals surface area contributed by atoms with E-state index in [0.29, 0.717) is 6.54 Å². The summed E-state index contributed by atoms with van der Waals surface area (Å²) in [6.07, 6.45) is 0. The fraction of sp³-hybridized carbons (Fsp3) is 0.278. The number of rotatable bonds is 5. The first-order valence-corrected chi connectivity index (χ1v) is 7.50. The third-order valence-electron chi connectivity index (χ3n) is 3.72. The Kier molecular flexibility index (Phi) is 5.42. The van der Waals surface area contributed by atoms with Crippen LogP contribution in [0, 0.1) is 6.92 Å². The van der Waals surface area contributed by atoms with Gasteiger partial charge in [0.05, 0.1) is 0 Å². The van der Waals surface area contributed by atoms with Gasteiger partial charge in [0.15, 0.2) is 0 Å². The Morgan fingerprint density at radius 1 is 1.14 bits per heavy atom. The molecule has 0 unspecified atom stereocenters. The average Bonchev–Trinajstić information content (AvgIpc) is 2.53. The Morgan fingerprint density at radius 2 is 1.91 bits per heavy atom. The van der Waals surface area contributed by atoms with Crippen LogP contribution in [-0.2, 0) is 6.54 Å². The van der Waals surface area contributed by atoms with Crippen LogP contribution < -0.4 is 15.5 Å². The largest absolute Gasteiger partial charge is 0.375 e. The Bertz CT molecular complexity index is 640. The van der Waals surface area contributed by atoms with Crippen LogP contribution in [0.4, 0.5) is 16.2 Å². The third kappa shape index (κ3) is 4.25. The van der Waals surface area contributed by atoms with Crippen LogP contribution in [-0.4, -0.2) is 19.6 Å². The second kappa shape index (κ2) is 7.50. The zero-order valence-electron chi connectivity index (χ0n) is 13.4. The van der Waals surface area contributed by atoms with Gasteiger partial charge in [0.2, 0.25) is 0 Å². The minimum Gasteiger partial charge on any atom is -0.375 e. The van der Waals surface area contributed by atoms with Crippen molar-refractivity contribution in [2.24, 2.45) is 0 Å². The summed E-state index contributed by atoms with van der Waals surface area (Å²) in [5.74, 6) is 0. The predicted octanol–water partition coefficient (Wildman–Crippen LogP) is 3.77. The van der Waals surface area contributed by atoms with Gasteiger partial charge in [-0.25, -0.2) is 4.79 Å². The highest BCUT2D eigenvalue weighted by molar-refractivity contribution is 5.89. The number of urea groups is 1. The number of carbonyl (C=O) groups excluding carboxylic acids is 1. The van der Waals surface area contributed by atoms with Crippen LogP contribution >= 0.6 is 0 Å².